The molecule has 0 bridgehead atoms. The zero-order valence-corrected chi connectivity index (χ0v) is 19.1. The molecule has 4 N–H and O–H groups in total. The van der Waals surface area contributed by atoms with E-state index in [4.69, 9.17) is 20.4 Å². The summed E-state index contributed by atoms with van der Waals surface area (Å²) >= 11 is 0. The highest BCUT2D eigenvalue weighted by Crippen LogP contribution is 2.23. The van der Waals surface area contributed by atoms with Crippen LogP contribution in [0.5, 0.6) is 5.75 Å². The molecule has 9 heteroatoms. The van der Waals surface area contributed by atoms with Crippen LogP contribution in [0, 0.1) is 0 Å². The summed E-state index contributed by atoms with van der Waals surface area (Å²) in [5, 5.41) is 10.6. The number of amides is 1. The number of benzene rings is 3. The van der Waals surface area contributed by atoms with Crippen LogP contribution in [-0.4, -0.2) is 42.9 Å². The lowest BCUT2D eigenvalue weighted by atomic mass is 10.0. The number of hydrogen-bond acceptors (Lipinski definition) is 4. The second-order valence-electron chi connectivity index (χ2n) is 7.64. The number of carbonyl (C=O) groups excluding carboxylic acids is 1. The third-order valence-electron chi connectivity index (χ3n) is 4.94. The molecule has 3 rings (SSSR count). The summed E-state index contributed by atoms with van der Waals surface area (Å²) in [6.07, 6.45) is -5.08. The highest BCUT2D eigenvalue weighted by Gasteiger charge is 2.38. The molecule has 0 saturated carbocycles. The Hall–Kier alpha value is -3.85. The third kappa shape index (κ3) is 9.50. The number of rotatable bonds is 9. The lowest BCUT2D eigenvalue weighted by Gasteiger charge is -2.13. The van der Waals surface area contributed by atoms with Gasteiger partial charge < -0.3 is 20.9 Å². The van der Waals surface area contributed by atoms with Crippen LogP contribution in [0.15, 0.2) is 78.9 Å². The summed E-state index contributed by atoms with van der Waals surface area (Å²) in [4.78, 5) is 20.2. The molecular weight excluding hydrogens is 461 g/mol. The summed E-state index contributed by atoms with van der Waals surface area (Å²) in [6, 6.07) is 25.7. The van der Waals surface area contributed by atoms with Gasteiger partial charge in [-0.2, -0.15) is 13.2 Å². The van der Waals surface area contributed by atoms with E-state index in [0.29, 0.717) is 18.1 Å². The van der Waals surface area contributed by atoms with Crippen molar-refractivity contribution in [3.8, 4) is 16.9 Å². The van der Waals surface area contributed by atoms with E-state index in [-0.39, 0.29) is 0 Å². The highest BCUT2D eigenvalue weighted by atomic mass is 19.4. The van der Waals surface area contributed by atoms with E-state index in [2.05, 4.69) is 36.5 Å². The van der Waals surface area contributed by atoms with Gasteiger partial charge in [0.1, 0.15) is 12.4 Å². The molecule has 1 unspecified atom stereocenters. The quantitative estimate of drug-likeness (QED) is 0.374. The number of ether oxygens (including phenoxy) is 1. The summed E-state index contributed by atoms with van der Waals surface area (Å²) < 4.78 is 37.5. The van der Waals surface area contributed by atoms with E-state index in [1.54, 1.807) is 12.1 Å². The number of carboxylic acids is 1. The van der Waals surface area contributed by atoms with Gasteiger partial charge in [0.25, 0.3) is 0 Å². The maximum Gasteiger partial charge on any atom is 0.490 e. The highest BCUT2D eigenvalue weighted by molar-refractivity contribution is 5.94. The van der Waals surface area contributed by atoms with Crippen molar-refractivity contribution in [3.63, 3.8) is 0 Å². The molecule has 6 nitrogen and oxygen atoms in total. The maximum atomic E-state index is 11.3. The van der Waals surface area contributed by atoms with Crippen LogP contribution >= 0.6 is 0 Å². The Morgan fingerprint density at radius 2 is 1.60 bits per heavy atom. The van der Waals surface area contributed by atoms with Crippen molar-refractivity contribution >= 4 is 11.9 Å². The van der Waals surface area contributed by atoms with Gasteiger partial charge in [-0.1, -0.05) is 61.5 Å². The number of nitrogens with one attached hydrogen (secondary N) is 1. The number of nitrogens with two attached hydrogens (primary N) is 1. The number of hydrogen-bond donors (Lipinski definition) is 3. The third-order valence-corrected chi connectivity index (χ3v) is 4.94. The minimum atomic E-state index is -5.08. The Balaban J connectivity index is 0.000000540. The molecule has 186 valence electrons. The van der Waals surface area contributed by atoms with Crippen LogP contribution in [0.1, 0.15) is 28.8 Å². The van der Waals surface area contributed by atoms with Gasteiger partial charge in [-0.3, -0.25) is 4.79 Å². The fourth-order valence-electron chi connectivity index (χ4n) is 3.05. The van der Waals surface area contributed by atoms with Gasteiger partial charge in [-0.15, -0.1) is 0 Å². The predicted octanol–water partition coefficient (Wildman–Crippen LogP) is 4.86. The Kier molecular flexibility index (Phi) is 10.3. The lowest BCUT2D eigenvalue weighted by molar-refractivity contribution is -0.192. The van der Waals surface area contributed by atoms with Crippen LogP contribution in [0.2, 0.25) is 0 Å². The van der Waals surface area contributed by atoms with Crippen LogP contribution in [0.25, 0.3) is 11.1 Å². The van der Waals surface area contributed by atoms with E-state index in [1.165, 1.54) is 5.56 Å². The Bertz CT molecular complexity index is 1090. The zero-order valence-electron chi connectivity index (χ0n) is 19.1. The van der Waals surface area contributed by atoms with Crippen molar-refractivity contribution in [3.05, 3.63) is 90.0 Å². The van der Waals surface area contributed by atoms with E-state index in [0.717, 1.165) is 30.0 Å². The van der Waals surface area contributed by atoms with Gasteiger partial charge >= 0.3 is 12.1 Å². The van der Waals surface area contributed by atoms with Crippen molar-refractivity contribution in [1.29, 1.82) is 0 Å². The molecule has 1 atom stereocenters. The zero-order chi connectivity index (χ0) is 25.8. The molecule has 0 aliphatic carbocycles. The largest absolute Gasteiger partial charge is 0.492 e. The topological polar surface area (TPSA) is 102 Å². The van der Waals surface area contributed by atoms with Crippen LogP contribution < -0.4 is 15.8 Å². The van der Waals surface area contributed by atoms with Crippen molar-refractivity contribution in [2.75, 3.05) is 19.7 Å². The molecule has 0 spiro atoms. The molecule has 0 radical (unpaired) electrons. The average molecular weight is 489 g/mol. The molecule has 3 aromatic rings. The SMILES string of the molecule is CC(CNCCOc1ccc(-c2cccc(C(N)=O)c2)cc1)c1ccccc1.O=C(O)C(F)(F)F. The molecule has 0 aromatic heterocycles. The first-order chi connectivity index (χ1) is 16.6. The number of carbonyl (C=O) groups is 2. The number of aliphatic carboxylic acids is 1. The molecule has 35 heavy (non-hydrogen) atoms. The van der Waals surface area contributed by atoms with Gasteiger partial charge in [0, 0.05) is 18.7 Å². The van der Waals surface area contributed by atoms with Gasteiger partial charge in [-0.05, 0) is 46.9 Å². The predicted molar refractivity (Wildman–Crippen MR) is 127 cm³/mol. The molecule has 3 aromatic carbocycles. The summed E-state index contributed by atoms with van der Waals surface area (Å²) in [5.41, 5.74) is 9.18. The van der Waals surface area contributed by atoms with Crippen molar-refractivity contribution in [1.82, 2.24) is 5.32 Å². The lowest BCUT2D eigenvalue weighted by Crippen LogP contribution is -2.25. The molecule has 1 amide bonds. The van der Waals surface area contributed by atoms with Crippen molar-refractivity contribution < 1.29 is 32.6 Å². The molecule has 0 heterocycles. The first-order valence-corrected chi connectivity index (χ1v) is 10.8. The van der Waals surface area contributed by atoms with Gasteiger partial charge in [0.2, 0.25) is 5.91 Å². The first-order valence-electron chi connectivity index (χ1n) is 10.8. The molecular formula is C26H27F3N2O4. The first kappa shape index (κ1) is 27.4. The van der Waals surface area contributed by atoms with E-state index in [9.17, 15) is 18.0 Å². The Morgan fingerprint density at radius 3 is 2.17 bits per heavy atom. The second kappa shape index (κ2) is 13.1. The molecule has 0 saturated heterocycles. The average Bonchev–Trinajstić information content (AvgIpc) is 2.84. The van der Waals surface area contributed by atoms with Gasteiger partial charge in [0.15, 0.2) is 0 Å². The molecule has 0 aliphatic heterocycles. The standard InChI is InChI=1S/C24H26N2O2.C2HF3O2/c1-18(19-6-3-2-4-7-19)17-26-14-15-28-23-12-10-20(11-13-23)21-8-5-9-22(16-21)24(25)27;3-2(4,5)1(6)7/h2-13,16,18,26H,14-15,17H2,1H3,(H2,25,27);(H,6,7). The van der Waals surface area contributed by atoms with Crippen molar-refractivity contribution in [2.24, 2.45) is 5.73 Å². The molecule has 0 aliphatic rings. The fourth-order valence-corrected chi connectivity index (χ4v) is 3.05. The Labute approximate surface area is 201 Å². The number of primary amides is 1. The minimum absolute atomic E-state index is 0.420. The fraction of sp³-hybridized carbons (Fsp3) is 0.231. The maximum absolute atomic E-state index is 11.3. The van der Waals surface area contributed by atoms with E-state index >= 15 is 0 Å². The Morgan fingerprint density at radius 1 is 0.971 bits per heavy atom. The van der Waals surface area contributed by atoms with Crippen LogP contribution in [-0.2, 0) is 4.79 Å². The smallest absolute Gasteiger partial charge is 0.490 e. The summed E-state index contributed by atoms with van der Waals surface area (Å²) in [7, 11) is 0. The van der Waals surface area contributed by atoms with Gasteiger partial charge in [0.05, 0.1) is 0 Å². The number of alkyl halides is 3. The van der Waals surface area contributed by atoms with E-state index in [1.807, 2.05) is 42.5 Å². The van der Waals surface area contributed by atoms with Gasteiger partial charge in [-0.25, -0.2) is 4.79 Å². The summed E-state index contributed by atoms with van der Waals surface area (Å²) in [5.74, 6) is -1.88. The van der Waals surface area contributed by atoms with E-state index < -0.39 is 18.1 Å². The number of halogens is 3. The minimum Gasteiger partial charge on any atom is -0.492 e. The molecule has 0 fully saturated rings. The monoisotopic (exact) mass is 488 g/mol. The van der Waals surface area contributed by atoms with Crippen molar-refractivity contribution in [2.45, 2.75) is 19.0 Å². The number of carboxylic acid groups (broad SMARTS) is 1. The normalized spacial score (nSPS) is 11.7. The van der Waals surface area contributed by atoms with Crippen LogP contribution in [0.4, 0.5) is 13.2 Å². The van der Waals surface area contributed by atoms with Crippen LogP contribution in [0.3, 0.4) is 0 Å². The second-order valence-corrected chi connectivity index (χ2v) is 7.64. The summed E-state index contributed by atoms with van der Waals surface area (Å²) in [6.45, 7) is 4.54.